The quantitative estimate of drug-likeness (QED) is 0.812. The number of hydrogen-bond acceptors (Lipinski definition) is 3. The molecule has 0 radical (unpaired) electrons. The summed E-state index contributed by atoms with van der Waals surface area (Å²) >= 11 is 4.47. The molecule has 0 aromatic carbocycles. The Labute approximate surface area is 75.8 Å². The lowest BCUT2D eigenvalue weighted by molar-refractivity contribution is -0.0980. The molecule has 0 saturated heterocycles. The molecule has 11 heavy (non-hydrogen) atoms. The highest BCUT2D eigenvalue weighted by Crippen LogP contribution is 2.22. The Morgan fingerprint density at radius 3 is 2.36 bits per heavy atom. The molecule has 60 valence electrons. The van der Waals surface area contributed by atoms with Gasteiger partial charge in [-0.3, -0.25) is 0 Å². The van der Waals surface area contributed by atoms with Gasteiger partial charge in [-0.1, -0.05) is 0 Å². The number of hydrogen-bond donors (Lipinski definition) is 1. The molecule has 0 fully saturated rings. The Hall–Kier alpha value is -0.680. The van der Waals surface area contributed by atoms with Crippen molar-refractivity contribution in [2.24, 2.45) is 0 Å². The molecule has 1 rings (SSSR count). The predicted molar refractivity (Wildman–Crippen MR) is 46.1 cm³/mol. The second kappa shape index (κ2) is 5.03. The summed E-state index contributed by atoms with van der Waals surface area (Å²) in [6.45, 7) is 2.00. The van der Waals surface area contributed by atoms with E-state index in [4.69, 9.17) is 9.90 Å². The maximum atomic E-state index is 10.3. The fraction of sp³-hybridized carbons (Fsp3) is 0. The summed E-state index contributed by atoms with van der Waals surface area (Å²) in [6, 6.07) is 1.57. The first kappa shape index (κ1) is 10.3. The molecule has 0 aliphatic heterocycles. The molecule has 5 heteroatoms. The zero-order valence-corrected chi connectivity index (χ0v) is 7.81. The molecule has 0 saturated carbocycles. The number of rotatable bonds is 1. The summed E-state index contributed by atoms with van der Waals surface area (Å²) in [7, 11) is 0. The van der Waals surface area contributed by atoms with Gasteiger partial charge < -0.3 is 9.90 Å². The molecule has 1 N–H and O–H groups in total. The molecule has 0 atom stereocenters. The van der Waals surface area contributed by atoms with Crippen LogP contribution in [0.1, 0.15) is 10.4 Å². The highest BCUT2D eigenvalue weighted by atomic mass is 79.9. The number of halogens is 1. The molecule has 0 aliphatic rings. The SMILES string of the molecule is C=O.O=C(O)c1ccsc1Br. The van der Waals surface area contributed by atoms with Crippen molar-refractivity contribution in [1.29, 1.82) is 0 Å². The maximum Gasteiger partial charge on any atom is 0.337 e. The Morgan fingerprint density at radius 1 is 1.64 bits per heavy atom. The van der Waals surface area contributed by atoms with Crippen LogP contribution in [0.4, 0.5) is 0 Å². The molecule has 0 amide bonds. The summed E-state index contributed by atoms with van der Waals surface area (Å²) in [4.78, 5) is 18.3. The van der Waals surface area contributed by atoms with E-state index in [0.29, 0.717) is 9.35 Å². The minimum Gasteiger partial charge on any atom is -0.478 e. The summed E-state index contributed by atoms with van der Waals surface area (Å²) in [5.74, 6) is -0.886. The van der Waals surface area contributed by atoms with Crippen LogP contribution in [0, 0.1) is 0 Å². The van der Waals surface area contributed by atoms with Gasteiger partial charge in [-0.2, -0.15) is 0 Å². The normalized spacial score (nSPS) is 8.09. The molecule has 1 aromatic rings. The molecule has 1 aromatic heterocycles. The van der Waals surface area contributed by atoms with Crippen LogP contribution in [0.15, 0.2) is 15.2 Å². The molecule has 1 heterocycles. The van der Waals surface area contributed by atoms with Gasteiger partial charge in [-0.15, -0.1) is 11.3 Å². The van der Waals surface area contributed by atoms with Crippen molar-refractivity contribution in [1.82, 2.24) is 0 Å². The van der Waals surface area contributed by atoms with Crippen molar-refractivity contribution in [2.75, 3.05) is 0 Å². The van der Waals surface area contributed by atoms with Crippen LogP contribution < -0.4 is 0 Å². The third-order valence-electron chi connectivity index (χ3n) is 0.848. The second-order valence-corrected chi connectivity index (χ2v) is 3.65. The standard InChI is InChI=1S/C5H3BrO2S.CH2O/c6-4-3(5(7)8)1-2-9-4;1-2/h1-2H,(H,7,8);1H2. The van der Waals surface area contributed by atoms with Crippen LogP contribution in [0.2, 0.25) is 0 Å². The number of carbonyl (C=O) groups is 2. The van der Waals surface area contributed by atoms with Crippen LogP contribution in [0.3, 0.4) is 0 Å². The highest BCUT2D eigenvalue weighted by Gasteiger charge is 2.06. The third-order valence-corrected chi connectivity index (χ3v) is 2.54. The molecule has 3 nitrogen and oxygen atoms in total. The predicted octanol–water partition coefficient (Wildman–Crippen LogP) is 2.02. The van der Waals surface area contributed by atoms with E-state index in [2.05, 4.69) is 15.9 Å². The Morgan fingerprint density at radius 2 is 2.18 bits per heavy atom. The Kier molecular flexibility index (Phi) is 4.72. The van der Waals surface area contributed by atoms with Gasteiger partial charge in [-0.25, -0.2) is 4.79 Å². The topological polar surface area (TPSA) is 54.4 Å². The number of carbonyl (C=O) groups excluding carboxylic acids is 1. The number of carboxylic acid groups (broad SMARTS) is 1. The van der Waals surface area contributed by atoms with Crippen molar-refractivity contribution in [2.45, 2.75) is 0 Å². The highest BCUT2D eigenvalue weighted by molar-refractivity contribution is 9.11. The van der Waals surface area contributed by atoms with E-state index in [0.717, 1.165) is 0 Å². The van der Waals surface area contributed by atoms with Gasteiger partial charge in [0, 0.05) is 0 Å². The van der Waals surface area contributed by atoms with Gasteiger partial charge in [0.15, 0.2) is 0 Å². The van der Waals surface area contributed by atoms with Crippen LogP contribution in [0.5, 0.6) is 0 Å². The largest absolute Gasteiger partial charge is 0.478 e. The second-order valence-electron chi connectivity index (χ2n) is 1.41. The molecule has 0 spiro atoms. The van der Waals surface area contributed by atoms with Crippen molar-refractivity contribution < 1.29 is 14.7 Å². The minimum absolute atomic E-state index is 0.333. The van der Waals surface area contributed by atoms with Crippen LogP contribution in [-0.4, -0.2) is 17.9 Å². The molecule has 0 aliphatic carbocycles. The molecular weight excluding hydrogens is 232 g/mol. The fourth-order valence-corrected chi connectivity index (χ4v) is 1.68. The zero-order chi connectivity index (χ0) is 8.85. The van der Waals surface area contributed by atoms with Gasteiger partial charge in [0.2, 0.25) is 0 Å². The smallest absolute Gasteiger partial charge is 0.337 e. The van der Waals surface area contributed by atoms with Gasteiger partial charge in [-0.05, 0) is 27.4 Å². The Balaban J connectivity index is 0.000000461. The number of carboxylic acids is 1. The van der Waals surface area contributed by atoms with Crippen LogP contribution in [0.25, 0.3) is 0 Å². The van der Waals surface area contributed by atoms with E-state index in [1.807, 2.05) is 6.79 Å². The van der Waals surface area contributed by atoms with E-state index in [1.54, 1.807) is 11.4 Å². The summed E-state index contributed by atoms with van der Waals surface area (Å²) in [6.07, 6.45) is 0. The summed E-state index contributed by atoms with van der Waals surface area (Å²) < 4.78 is 0.676. The lowest BCUT2D eigenvalue weighted by Gasteiger charge is -1.84. The summed E-state index contributed by atoms with van der Waals surface area (Å²) in [5, 5.41) is 10.2. The monoisotopic (exact) mass is 236 g/mol. The average molecular weight is 237 g/mol. The maximum absolute atomic E-state index is 10.3. The van der Waals surface area contributed by atoms with Crippen molar-refractivity contribution in [3.8, 4) is 0 Å². The number of aromatic carboxylic acids is 1. The van der Waals surface area contributed by atoms with Crippen molar-refractivity contribution in [3.05, 3.63) is 20.8 Å². The van der Waals surface area contributed by atoms with Crippen molar-refractivity contribution in [3.63, 3.8) is 0 Å². The van der Waals surface area contributed by atoms with E-state index in [1.165, 1.54) is 11.3 Å². The summed E-state index contributed by atoms with van der Waals surface area (Å²) in [5.41, 5.74) is 0.333. The molecular formula is C6H5BrO3S. The Bertz CT molecular complexity index is 246. The first-order valence-corrected chi connectivity index (χ1v) is 4.14. The van der Waals surface area contributed by atoms with Gasteiger partial charge >= 0.3 is 5.97 Å². The van der Waals surface area contributed by atoms with E-state index in [9.17, 15) is 4.79 Å². The minimum atomic E-state index is -0.886. The van der Waals surface area contributed by atoms with E-state index in [-0.39, 0.29) is 0 Å². The van der Waals surface area contributed by atoms with Crippen LogP contribution in [-0.2, 0) is 4.79 Å². The van der Waals surface area contributed by atoms with E-state index < -0.39 is 5.97 Å². The fourth-order valence-electron chi connectivity index (χ4n) is 0.446. The molecule has 0 unspecified atom stereocenters. The first-order chi connectivity index (χ1) is 5.22. The zero-order valence-electron chi connectivity index (χ0n) is 5.41. The molecule has 0 bridgehead atoms. The lowest BCUT2D eigenvalue weighted by Crippen LogP contribution is -1.92. The van der Waals surface area contributed by atoms with Gasteiger partial charge in [0.1, 0.15) is 6.79 Å². The van der Waals surface area contributed by atoms with Gasteiger partial charge in [0.05, 0.1) is 9.35 Å². The third kappa shape index (κ3) is 2.81. The van der Waals surface area contributed by atoms with Gasteiger partial charge in [0.25, 0.3) is 0 Å². The van der Waals surface area contributed by atoms with E-state index >= 15 is 0 Å². The average Bonchev–Trinajstić information content (AvgIpc) is 2.39. The lowest BCUT2D eigenvalue weighted by atomic mass is 10.4. The van der Waals surface area contributed by atoms with Crippen molar-refractivity contribution >= 4 is 40.0 Å². The van der Waals surface area contributed by atoms with Crippen LogP contribution >= 0.6 is 27.3 Å². The number of thiophene rings is 1. The first-order valence-electron chi connectivity index (χ1n) is 2.47.